The fourth-order valence-electron chi connectivity index (χ4n) is 0.871. The van der Waals surface area contributed by atoms with Crippen molar-refractivity contribution in [1.29, 1.82) is 5.26 Å². The van der Waals surface area contributed by atoms with Crippen LogP contribution in [0.4, 0.5) is 0 Å². The Labute approximate surface area is 78.1 Å². The zero-order chi connectivity index (χ0) is 9.68. The summed E-state index contributed by atoms with van der Waals surface area (Å²) in [5, 5.41) is 8.55. The molecule has 0 bridgehead atoms. The van der Waals surface area contributed by atoms with Gasteiger partial charge in [-0.05, 0) is 31.2 Å². The maximum Gasteiger partial charge on any atom is 0.120 e. The van der Waals surface area contributed by atoms with Crippen LogP contribution in [0, 0.1) is 11.3 Å². The molecule has 66 valence electrons. The Morgan fingerprint density at radius 1 is 1.46 bits per heavy atom. The van der Waals surface area contributed by atoms with Crippen molar-refractivity contribution in [3.8, 4) is 11.8 Å². The van der Waals surface area contributed by atoms with Crippen LogP contribution < -0.4 is 4.74 Å². The van der Waals surface area contributed by atoms with Gasteiger partial charge in [-0.25, -0.2) is 0 Å². The van der Waals surface area contributed by atoms with Gasteiger partial charge in [0.2, 0.25) is 0 Å². The van der Waals surface area contributed by atoms with Crippen LogP contribution in [0.25, 0.3) is 0 Å². The highest BCUT2D eigenvalue weighted by Crippen LogP contribution is 2.13. The molecule has 0 aliphatic heterocycles. The van der Waals surface area contributed by atoms with E-state index in [0.29, 0.717) is 5.56 Å². The molecule has 13 heavy (non-hydrogen) atoms. The van der Waals surface area contributed by atoms with Gasteiger partial charge in [-0.2, -0.15) is 5.26 Å². The molecule has 0 spiro atoms. The van der Waals surface area contributed by atoms with Crippen molar-refractivity contribution in [3.63, 3.8) is 0 Å². The minimum atomic E-state index is -0.00654. The van der Waals surface area contributed by atoms with Crippen molar-refractivity contribution >= 4 is 0 Å². The summed E-state index contributed by atoms with van der Waals surface area (Å²) in [6, 6.07) is 9.05. The predicted molar refractivity (Wildman–Crippen MR) is 51.4 cm³/mol. The Kier molecular flexibility index (Phi) is 3.10. The molecule has 0 aliphatic carbocycles. The number of ether oxygens (including phenoxy) is 1. The van der Waals surface area contributed by atoms with E-state index in [1.165, 1.54) is 0 Å². The highest BCUT2D eigenvalue weighted by molar-refractivity contribution is 5.34. The lowest BCUT2D eigenvalue weighted by atomic mass is 10.2. The third kappa shape index (κ3) is 2.64. The third-order valence-electron chi connectivity index (χ3n) is 1.64. The highest BCUT2D eigenvalue weighted by atomic mass is 16.5. The molecular formula is C11H11NO. The van der Waals surface area contributed by atoms with Gasteiger partial charge in [0.25, 0.3) is 0 Å². The van der Waals surface area contributed by atoms with Gasteiger partial charge in [0.05, 0.1) is 11.6 Å². The second-order valence-electron chi connectivity index (χ2n) is 2.69. The number of nitriles is 1. The monoisotopic (exact) mass is 173 g/mol. The lowest BCUT2D eigenvalue weighted by Crippen LogP contribution is -2.06. The summed E-state index contributed by atoms with van der Waals surface area (Å²) in [4.78, 5) is 0. The minimum Gasteiger partial charge on any atom is -0.487 e. The first-order chi connectivity index (χ1) is 6.26. The largest absolute Gasteiger partial charge is 0.487 e. The van der Waals surface area contributed by atoms with E-state index in [0.717, 1.165) is 5.75 Å². The summed E-state index contributed by atoms with van der Waals surface area (Å²) in [5.41, 5.74) is 0.638. The molecule has 0 aromatic heterocycles. The maximum atomic E-state index is 8.55. The van der Waals surface area contributed by atoms with E-state index in [2.05, 4.69) is 6.58 Å². The molecule has 0 fully saturated rings. The highest BCUT2D eigenvalue weighted by Gasteiger charge is 1.98. The van der Waals surface area contributed by atoms with Crippen molar-refractivity contribution in [3.05, 3.63) is 42.5 Å². The summed E-state index contributed by atoms with van der Waals surface area (Å²) in [5.74, 6) is 0.756. The third-order valence-corrected chi connectivity index (χ3v) is 1.64. The number of nitrogens with zero attached hydrogens (tertiary/aromatic N) is 1. The Balaban J connectivity index is 2.70. The van der Waals surface area contributed by atoms with Crippen molar-refractivity contribution < 1.29 is 4.74 Å². The van der Waals surface area contributed by atoms with E-state index in [-0.39, 0.29) is 6.10 Å². The standard InChI is InChI=1S/C11H11NO/c1-3-9(2)13-11-6-4-10(8-12)5-7-11/h3-7,9H,1H2,2H3. The van der Waals surface area contributed by atoms with Crippen LogP contribution >= 0.6 is 0 Å². The summed E-state index contributed by atoms with van der Waals surface area (Å²) < 4.78 is 5.44. The molecule has 0 saturated heterocycles. The quantitative estimate of drug-likeness (QED) is 0.658. The van der Waals surface area contributed by atoms with Gasteiger partial charge < -0.3 is 4.74 Å². The first-order valence-corrected chi connectivity index (χ1v) is 4.05. The second-order valence-corrected chi connectivity index (χ2v) is 2.69. The molecule has 0 radical (unpaired) electrons. The van der Waals surface area contributed by atoms with Crippen molar-refractivity contribution in [2.45, 2.75) is 13.0 Å². The molecule has 0 aliphatic rings. The molecule has 0 heterocycles. The molecule has 1 rings (SSSR count). The van der Waals surface area contributed by atoms with Crippen molar-refractivity contribution in [2.75, 3.05) is 0 Å². The average molecular weight is 173 g/mol. The van der Waals surface area contributed by atoms with E-state index < -0.39 is 0 Å². The molecule has 1 unspecified atom stereocenters. The van der Waals surface area contributed by atoms with Crippen LogP contribution in [-0.2, 0) is 0 Å². The van der Waals surface area contributed by atoms with E-state index in [1.807, 2.05) is 13.0 Å². The van der Waals surface area contributed by atoms with Gasteiger partial charge in [-0.1, -0.05) is 12.7 Å². The zero-order valence-electron chi connectivity index (χ0n) is 7.53. The Morgan fingerprint density at radius 2 is 2.08 bits per heavy atom. The van der Waals surface area contributed by atoms with E-state index in [9.17, 15) is 0 Å². The molecule has 1 atom stereocenters. The summed E-state index contributed by atoms with van der Waals surface area (Å²) in [7, 11) is 0. The first-order valence-electron chi connectivity index (χ1n) is 4.05. The molecule has 2 nitrogen and oxygen atoms in total. The molecule has 1 aromatic carbocycles. The second kappa shape index (κ2) is 4.32. The minimum absolute atomic E-state index is 0.00654. The number of hydrogen-bond donors (Lipinski definition) is 0. The molecule has 1 aromatic rings. The van der Waals surface area contributed by atoms with Gasteiger partial charge in [-0.3, -0.25) is 0 Å². The first kappa shape index (κ1) is 9.34. The van der Waals surface area contributed by atoms with E-state index >= 15 is 0 Å². The zero-order valence-corrected chi connectivity index (χ0v) is 7.53. The molecule has 0 amide bonds. The Hall–Kier alpha value is -1.75. The van der Waals surface area contributed by atoms with E-state index in [1.54, 1.807) is 30.3 Å². The van der Waals surface area contributed by atoms with Crippen LogP contribution in [0.5, 0.6) is 5.75 Å². The molecule has 2 heteroatoms. The fraction of sp³-hybridized carbons (Fsp3) is 0.182. The van der Waals surface area contributed by atoms with Gasteiger partial charge in [0, 0.05) is 0 Å². The summed E-state index contributed by atoms with van der Waals surface area (Å²) in [6.07, 6.45) is 1.71. The fourth-order valence-corrected chi connectivity index (χ4v) is 0.871. The molecular weight excluding hydrogens is 162 g/mol. The number of rotatable bonds is 3. The van der Waals surface area contributed by atoms with Gasteiger partial charge >= 0.3 is 0 Å². The van der Waals surface area contributed by atoms with Gasteiger partial charge in [0.15, 0.2) is 0 Å². The Morgan fingerprint density at radius 3 is 2.54 bits per heavy atom. The maximum absolute atomic E-state index is 8.55. The average Bonchev–Trinajstić information content (AvgIpc) is 2.19. The SMILES string of the molecule is C=CC(C)Oc1ccc(C#N)cc1. The predicted octanol–water partition coefficient (Wildman–Crippen LogP) is 2.51. The van der Waals surface area contributed by atoms with Crippen LogP contribution in [0.3, 0.4) is 0 Å². The Bertz CT molecular complexity index is 321. The smallest absolute Gasteiger partial charge is 0.120 e. The van der Waals surface area contributed by atoms with Crippen LogP contribution in [0.15, 0.2) is 36.9 Å². The van der Waals surface area contributed by atoms with Crippen LogP contribution in [0.2, 0.25) is 0 Å². The van der Waals surface area contributed by atoms with Gasteiger partial charge in [-0.15, -0.1) is 0 Å². The number of benzene rings is 1. The normalized spacial score (nSPS) is 11.4. The number of hydrogen-bond acceptors (Lipinski definition) is 2. The lowest BCUT2D eigenvalue weighted by molar-refractivity contribution is 0.270. The van der Waals surface area contributed by atoms with Crippen molar-refractivity contribution in [1.82, 2.24) is 0 Å². The van der Waals surface area contributed by atoms with Crippen molar-refractivity contribution in [2.24, 2.45) is 0 Å². The van der Waals surface area contributed by atoms with Crippen LogP contribution in [0.1, 0.15) is 12.5 Å². The summed E-state index contributed by atoms with van der Waals surface area (Å²) in [6.45, 7) is 5.52. The molecule has 0 saturated carbocycles. The topological polar surface area (TPSA) is 33.0 Å². The molecule has 0 N–H and O–H groups in total. The van der Waals surface area contributed by atoms with E-state index in [4.69, 9.17) is 10.00 Å². The lowest BCUT2D eigenvalue weighted by Gasteiger charge is -2.09. The van der Waals surface area contributed by atoms with Gasteiger partial charge in [0.1, 0.15) is 11.9 Å². The van der Waals surface area contributed by atoms with Crippen LogP contribution in [-0.4, -0.2) is 6.10 Å². The summed E-state index contributed by atoms with van der Waals surface area (Å²) >= 11 is 0.